The second-order valence-electron chi connectivity index (χ2n) is 4.19. The van der Waals surface area contributed by atoms with Crippen LogP contribution in [0.2, 0.25) is 0 Å². The summed E-state index contributed by atoms with van der Waals surface area (Å²) in [4.78, 5) is 6.33. The molecule has 0 bridgehead atoms. The van der Waals surface area contributed by atoms with Crippen molar-refractivity contribution in [3.63, 3.8) is 0 Å². The first kappa shape index (κ1) is 12.7. The lowest BCUT2D eigenvalue weighted by atomic mass is 10.2. The first-order valence-electron chi connectivity index (χ1n) is 6.10. The van der Waals surface area contributed by atoms with Crippen molar-refractivity contribution in [2.24, 2.45) is 5.73 Å². The van der Waals surface area contributed by atoms with Gasteiger partial charge in [0.2, 0.25) is 6.39 Å². The number of nitrogens with zero attached hydrogens (tertiary/aromatic N) is 3. The molecule has 0 unspecified atom stereocenters. The van der Waals surface area contributed by atoms with Crippen molar-refractivity contribution >= 4 is 0 Å². The summed E-state index contributed by atoms with van der Waals surface area (Å²) in [5.41, 5.74) is 6.84. The average Bonchev–Trinajstić information content (AvgIpc) is 2.90. The van der Waals surface area contributed by atoms with Crippen LogP contribution in [-0.2, 0) is 13.1 Å². The highest BCUT2D eigenvalue weighted by atomic mass is 16.5. The number of nitrogens with two attached hydrogens (primary N) is 1. The summed E-state index contributed by atoms with van der Waals surface area (Å²) < 4.78 is 4.76. The van der Waals surface area contributed by atoms with Crippen molar-refractivity contribution in [3.05, 3.63) is 48.1 Å². The molecule has 2 aromatic rings. The Morgan fingerprint density at radius 2 is 2.00 bits per heavy atom. The van der Waals surface area contributed by atoms with E-state index in [0.717, 1.165) is 19.5 Å². The van der Waals surface area contributed by atoms with E-state index in [2.05, 4.69) is 27.2 Å². The van der Waals surface area contributed by atoms with E-state index < -0.39 is 0 Å². The van der Waals surface area contributed by atoms with Gasteiger partial charge in [0.05, 0.1) is 6.54 Å². The normalized spacial score (nSPS) is 11.0. The number of benzene rings is 1. The predicted molar refractivity (Wildman–Crippen MR) is 68.5 cm³/mol. The molecule has 0 aliphatic heterocycles. The fourth-order valence-electron chi connectivity index (χ4n) is 1.83. The molecule has 0 fully saturated rings. The molecular formula is C13H18N4O. The first-order chi connectivity index (χ1) is 8.88. The minimum absolute atomic E-state index is 0.686. The highest BCUT2D eigenvalue weighted by Crippen LogP contribution is 2.07. The molecule has 18 heavy (non-hydrogen) atoms. The van der Waals surface area contributed by atoms with Gasteiger partial charge < -0.3 is 10.3 Å². The Labute approximate surface area is 107 Å². The van der Waals surface area contributed by atoms with E-state index in [1.807, 2.05) is 18.2 Å². The highest BCUT2D eigenvalue weighted by Gasteiger charge is 2.09. The van der Waals surface area contributed by atoms with Crippen LogP contribution in [0.1, 0.15) is 17.8 Å². The van der Waals surface area contributed by atoms with Crippen molar-refractivity contribution < 1.29 is 4.52 Å². The summed E-state index contributed by atoms with van der Waals surface area (Å²) in [6.07, 6.45) is 2.32. The minimum Gasteiger partial charge on any atom is -0.343 e. The van der Waals surface area contributed by atoms with Crippen LogP contribution in [0.25, 0.3) is 0 Å². The van der Waals surface area contributed by atoms with E-state index in [1.165, 1.54) is 12.0 Å². The van der Waals surface area contributed by atoms with Gasteiger partial charge in [-0.2, -0.15) is 4.98 Å². The number of hydrogen-bond acceptors (Lipinski definition) is 5. The molecule has 0 saturated heterocycles. The molecule has 0 aliphatic rings. The van der Waals surface area contributed by atoms with Gasteiger partial charge in [-0.1, -0.05) is 35.5 Å². The molecule has 1 aromatic heterocycles. The number of hydrogen-bond donors (Lipinski definition) is 1. The molecule has 5 nitrogen and oxygen atoms in total. The quantitative estimate of drug-likeness (QED) is 0.800. The van der Waals surface area contributed by atoms with Gasteiger partial charge in [-0.15, -0.1) is 0 Å². The molecule has 0 amide bonds. The maximum atomic E-state index is 5.57. The van der Waals surface area contributed by atoms with Gasteiger partial charge >= 0.3 is 0 Å². The maximum Gasteiger partial charge on any atom is 0.213 e. The summed E-state index contributed by atoms with van der Waals surface area (Å²) in [6, 6.07) is 10.3. The van der Waals surface area contributed by atoms with Crippen molar-refractivity contribution in [1.82, 2.24) is 15.0 Å². The van der Waals surface area contributed by atoms with E-state index in [0.29, 0.717) is 18.9 Å². The minimum atomic E-state index is 0.686. The van der Waals surface area contributed by atoms with Crippen molar-refractivity contribution in [3.8, 4) is 0 Å². The van der Waals surface area contributed by atoms with Crippen molar-refractivity contribution in [2.45, 2.75) is 19.5 Å². The lowest BCUT2D eigenvalue weighted by Crippen LogP contribution is -2.26. The largest absolute Gasteiger partial charge is 0.343 e. The first-order valence-corrected chi connectivity index (χ1v) is 6.10. The second-order valence-corrected chi connectivity index (χ2v) is 4.19. The number of rotatable bonds is 7. The molecule has 5 heteroatoms. The molecule has 0 radical (unpaired) electrons. The van der Waals surface area contributed by atoms with Gasteiger partial charge in [0, 0.05) is 13.1 Å². The molecule has 1 heterocycles. The van der Waals surface area contributed by atoms with Crippen LogP contribution < -0.4 is 5.73 Å². The Kier molecular flexibility index (Phi) is 4.87. The van der Waals surface area contributed by atoms with Gasteiger partial charge in [-0.05, 0) is 18.5 Å². The van der Waals surface area contributed by atoms with Gasteiger partial charge in [0.1, 0.15) is 0 Å². The fourth-order valence-corrected chi connectivity index (χ4v) is 1.83. The standard InChI is InChI=1S/C13H18N4O/c14-7-4-8-17(10-13-15-11-18-16-13)9-12-5-2-1-3-6-12/h1-3,5-6,11H,4,7-10,14H2. The Bertz CT molecular complexity index is 430. The van der Waals surface area contributed by atoms with Gasteiger partial charge in [0.25, 0.3) is 0 Å². The van der Waals surface area contributed by atoms with E-state index in [4.69, 9.17) is 10.3 Å². The summed E-state index contributed by atoms with van der Waals surface area (Å²) >= 11 is 0. The smallest absolute Gasteiger partial charge is 0.213 e. The Morgan fingerprint density at radius 1 is 1.17 bits per heavy atom. The molecular weight excluding hydrogens is 228 g/mol. The van der Waals surface area contributed by atoms with Crippen LogP contribution in [0.15, 0.2) is 41.2 Å². The zero-order valence-corrected chi connectivity index (χ0v) is 10.3. The van der Waals surface area contributed by atoms with Crippen LogP contribution in [-0.4, -0.2) is 28.1 Å². The Balaban J connectivity index is 1.96. The predicted octanol–water partition coefficient (Wildman–Crippen LogP) is 1.42. The average molecular weight is 246 g/mol. The SMILES string of the molecule is NCCCN(Cc1ccccc1)Cc1ncon1. The van der Waals surface area contributed by atoms with Crippen molar-refractivity contribution in [1.29, 1.82) is 0 Å². The maximum absolute atomic E-state index is 5.57. The fraction of sp³-hybridized carbons (Fsp3) is 0.385. The van der Waals surface area contributed by atoms with Crippen LogP contribution in [0, 0.1) is 0 Å². The zero-order valence-electron chi connectivity index (χ0n) is 10.3. The van der Waals surface area contributed by atoms with Crippen LogP contribution in [0.4, 0.5) is 0 Å². The monoisotopic (exact) mass is 246 g/mol. The van der Waals surface area contributed by atoms with E-state index in [1.54, 1.807) is 0 Å². The van der Waals surface area contributed by atoms with E-state index >= 15 is 0 Å². The molecule has 2 rings (SSSR count). The third kappa shape index (κ3) is 3.94. The Hall–Kier alpha value is -1.72. The Morgan fingerprint density at radius 3 is 2.67 bits per heavy atom. The second kappa shape index (κ2) is 6.88. The molecule has 0 spiro atoms. The molecule has 2 N–H and O–H groups in total. The third-order valence-electron chi connectivity index (χ3n) is 2.70. The summed E-state index contributed by atoms with van der Waals surface area (Å²) in [5, 5.41) is 3.85. The van der Waals surface area contributed by atoms with E-state index in [-0.39, 0.29) is 0 Å². The van der Waals surface area contributed by atoms with E-state index in [9.17, 15) is 0 Å². The third-order valence-corrected chi connectivity index (χ3v) is 2.70. The van der Waals surface area contributed by atoms with Crippen molar-refractivity contribution in [2.75, 3.05) is 13.1 Å². The molecule has 1 aromatic carbocycles. The summed E-state index contributed by atoms with van der Waals surface area (Å²) in [6.45, 7) is 3.18. The van der Waals surface area contributed by atoms with Gasteiger partial charge in [-0.25, -0.2) is 0 Å². The topological polar surface area (TPSA) is 68.2 Å². The molecule has 96 valence electrons. The molecule has 0 atom stereocenters. The van der Waals surface area contributed by atoms with Gasteiger partial charge in [0.15, 0.2) is 5.82 Å². The number of aromatic nitrogens is 2. The lowest BCUT2D eigenvalue weighted by Gasteiger charge is -2.20. The highest BCUT2D eigenvalue weighted by molar-refractivity contribution is 5.14. The summed E-state index contributed by atoms with van der Waals surface area (Å²) in [5.74, 6) is 0.711. The molecule has 0 saturated carbocycles. The lowest BCUT2D eigenvalue weighted by molar-refractivity contribution is 0.244. The van der Waals surface area contributed by atoms with Crippen LogP contribution in [0.5, 0.6) is 0 Å². The zero-order chi connectivity index (χ0) is 12.6. The molecule has 0 aliphatic carbocycles. The summed E-state index contributed by atoms with van der Waals surface area (Å²) in [7, 11) is 0. The van der Waals surface area contributed by atoms with Crippen LogP contribution >= 0.6 is 0 Å². The van der Waals surface area contributed by atoms with Crippen LogP contribution in [0.3, 0.4) is 0 Å². The van der Waals surface area contributed by atoms with Gasteiger partial charge in [-0.3, -0.25) is 4.90 Å².